The molecular formula is C23H29N. The first-order valence-electron chi connectivity index (χ1n) is 9.59. The van der Waals surface area contributed by atoms with Gasteiger partial charge in [0.15, 0.2) is 0 Å². The monoisotopic (exact) mass is 319 g/mol. The van der Waals surface area contributed by atoms with Gasteiger partial charge in [-0.2, -0.15) is 0 Å². The Kier molecular flexibility index (Phi) is 3.75. The molecule has 1 nitrogen and oxygen atoms in total. The lowest BCUT2D eigenvalue weighted by Gasteiger charge is -2.49. The van der Waals surface area contributed by atoms with Crippen molar-refractivity contribution in [2.45, 2.75) is 65.2 Å². The van der Waals surface area contributed by atoms with Crippen molar-refractivity contribution < 1.29 is 0 Å². The maximum absolute atomic E-state index is 6.23. The Hall–Kier alpha value is -1.68. The van der Waals surface area contributed by atoms with Gasteiger partial charge >= 0.3 is 0 Å². The fourth-order valence-corrected chi connectivity index (χ4v) is 6.21. The number of hydrogen-bond acceptors (Lipinski definition) is 1. The molecule has 24 heavy (non-hydrogen) atoms. The van der Waals surface area contributed by atoms with E-state index in [-0.39, 0.29) is 0 Å². The van der Waals surface area contributed by atoms with Crippen molar-refractivity contribution in [3.05, 3.63) is 40.5 Å². The van der Waals surface area contributed by atoms with Gasteiger partial charge in [0.25, 0.3) is 0 Å². The highest BCUT2D eigenvalue weighted by atomic mass is 14.6. The van der Waals surface area contributed by atoms with E-state index in [1.54, 1.807) is 11.1 Å². The molecule has 4 atom stereocenters. The molecule has 3 aliphatic rings. The highest BCUT2D eigenvalue weighted by molar-refractivity contribution is 5.60. The maximum atomic E-state index is 6.23. The first-order chi connectivity index (χ1) is 11.6. The smallest absolute Gasteiger partial charge is 0.0477 e. The minimum atomic E-state index is 0.466. The van der Waals surface area contributed by atoms with Crippen molar-refractivity contribution in [1.82, 2.24) is 0 Å². The molecule has 126 valence electrons. The molecule has 0 aliphatic heterocycles. The third-order valence-corrected chi connectivity index (χ3v) is 7.35. The SMILES string of the molecule is CC#Cc1cc2c(cc1N)CCC1C2CC[C@]2(C)/C(=C\C)CCC12. The molecule has 0 spiro atoms. The van der Waals surface area contributed by atoms with E-state index < -0.39 is 0 Å². The largest absolute Gasteiger partial charge is 0.398 e. The molecule has 0 bridgehead atoms. The zero-order valence-electron chi connectivity index (χ0n) is 15.3. The summed E-state index contributed by atoms with van der Waals surface area (Å²) in [6, 6.07) is 4.54. The number of anilines is 1. The molecule has 3 unspecified atom stereocenters. The van der Waals surface area contributed by atoms with Gasteiger partial charge in [-0.1, -0.05) is 24.5 Å². The van der Waals surface area contributed by atoms with Gasteiger partial charge in [0.05, 0.1) is 0 Å². The van der Waals surface area contributed by atoms with Gasteiger partial charge in [0.2, 0.25) is 0 Å². The lowest BCUT2D eigenvalue weighted by Crippen LogP contribution is -2.40. The van der Waals surface area contributed by atoms with Crippen LogP contribution in [0.15, 0.2) is 23.8 Å². The van der Waals surface area contributed by atoms with Crippen LogP contribution in [0.3, 0.4) is 0 Å². The maximum Gasteiger partial charge on any atom is 0.0477 e. The molecule has 0 amide bonds. The van der Waals surface area contributed by atoms with Crippen molar-refractivity contribution in [2.75, 3.05) is 5.73 Å². The molecule has 2 N–H and O–H groups in total. The van der Waals surface area contributed by atoms with Gasteiger partial charge in [-0.15, -0.1) is 5.92 Å². The second kappa shape index (κ2) is 5.69. The van der Waals surface area contributed by atoms with Crippen molar-refractivity contribution >= 4 is 5.69 Å². The van der Waals surface area contributed by atoms with Gasteiger partial charge in [-0.3, -0.25) is 0 Å². The Bertz CT molecular complexity index is 760. The average Bonchev–Trinajstić information content (AvgIpc) is 2.92. The highest BCUT2D eigenvalue weighted by Gasteiger charge is 2.52. The van der Waals surface area contributed by atoms with Crippen LogP contribution in [0.25, 0.3) is 0 Å². The molecule has 2 fully saturated rings. The predicted octanol–water partition coefficient (Wildman–Crippen LogP) is 5.44. The van der Waals surface area contributed by atoms with E-state index in [1.807, 2.05) is 6.92 Å². The number of rotatable bonds is 0. The fourth-order valence-electron chi connectivity index (χ4n) is 6.21. The van der Waals surface area contributed by atoms with Crippen molar-refractivity contribution in [1.29, 1.82) is 0 Å². The number of nitrogens with two attached hydrogens (primary N) is 1. The van der Waals surface area contributed by atoms with Gasteiger partial charge in [0, 0.05) is 11.3 Å². The summed E-state index contributed by atoms with van der Waals surface area (Å²) in [7, 11) is 0. The number of benzene rings is 1. The summed E-state index contributed by atoms with van der Waals surface area (Å²) in [6.45, 7) is 6.68. The lowest BCUT2D eigenvalue weighted by atomic mass is 9.55. The zero-order valence-corrected chi connectivity index (χ0v) is 15.3. The molecule has 3 aliphatic carbocycles. The summed E-state index contributed by atoms with van der Waals surface area (Å²) >= 11 is 0. The van der Waals surface area contributed by atoms with E-state index in [0.29, 0.717) is 5.41 Å². The molecule has 0 aromatic heterocycles. The van der Waals surface area contributed by atoms with Crippen LogP contribution < -0.4 is 5.73 Å². The topological polar surface area (TPSA) is 26.0 Å². The van der Waals surface area contributed by atoms with Crippen molar-refractivity contribution in [2.24, 2.45) is 17.3 Å². The molecule has 0 saturated heterocycles. The van der Waals surface area contributed by atoms with Crippen LogP contribution in [0.5, 0.6) is 0 Å². The van der Waals surface area contributed by atoms with Crippen LogP contribution in [0.4, 0.5) is 5.69 Å². The normalized spacial score (nSPS) is 35.6. The van der Waals surface area contributed by atoms with Crippen molar-refractivity contribution in [3.8, 4) is 11.8 Å². The van der Waals surface area contributed by atoms with E-state index in [2.05, 4.69) is 43.9 Å². The van der Waals surface area contributed by atoms with Crippen molar-refractivity contribution in [3.63, 3.8) is 0 Å². The minimum absolute atomic E-state index is 0.466. The summed E-state index contributed by atoms with van der Waals surface area (Å²) in [4.78, 5) is 0. The molecule has 4 rings (SSSR count). The highest BCUT2D eigenvalue weighted by Crippen LogP contribution is 2.62. The second-order valence-corrected chi connectivity index (χ2v) is 8.24. The first kappa shape index (κ1) is 15.8. The summed E-state index contributed by atoms with van der Waals surface area (Å²) in [5.74, 6) is 8.67. The summed E-state index contributed by atoms with van der Waals surface area (Å²) < 4.78 is 0. The number of hydrogen-bond donors (Lipinski definition) is 1. The van der Waals surface area contributed by atoms with Crippen LogP contribution in [0.2, 0.25) is 0 Å². The molecule has 2 saturated carbocycles. The number of aryl methyl sites for hydroxylation is 1. The summed E-state index contributed by atoms with van der Waals surface area (Å²) in [6.07, 6.45) is 10.3. The Morgan fingerprint density at radius 3 is 2.79 bits per heavy atom. The molecule has 1 aromatic carbocycles. The summed E-state index contributed by atoms with van der Waals surface area (Å²) in [5.41, 5.74) is 13.4. The van der Waals surface area contributed by atoms with Gasteiger partial charge in [-0.05, 0) is 98.8 Å². The van der Waals surface area contributed by atoms with E-state index in [1.165, 1.54) is 44.1 Å². The molecule has 0 radical (unpaired) electrons. The lowest BCUT2D eigenvalue weighted by molar-refractivity contribution is 0.0814. The Labute approximate surface area is 146 Å². The third-order valence-electron chi connectivity index (χ3n) is 7.35. The molecular weight excluding hydrogens is 290 g/mol. The number of fused-ring (bicyclic) bond motifs is 5. The Morgan fingerprint density at radius 1 is 1.21 bits per heavy atom. The zero-order chi connectivity index (χ0) is 16.9. The van der Waals surface area contributed by atoms with Crippen LogP contribution in [-0.4, -0.2) is 0 Å². The van der Waals surface area contributed by atoms with E-state index in [0.717, 1.165) is 29.0 Å². The average molecular weight is 319 g/mol. The fraction of sp³-hybridized carbons (Fsp3) is 0.565. The molecule has 0 heterocycles. The molecule has 1 heteroatoms. The van der Waals surface area contributed by atoms with E-state index in [4.69, 9.17) is 5.73 Å². The molecule has 1 aromatic rings. The minimum Gasteiger partial charge on any atom is -0.398 e. The quantitative estimate of drug-likeness (QED) is 0.384. The van der Waals surface area contributed by atoms with Crippen LogP contribution in [-0.2, 0) is 6.42 Å². The Morgan fingerprint density at radius 2 is 2.04 bits per heavy atom. The second-order valence-electron chi connectivity index (χ2n) is 8.24. The first-order valence-corrected chi connectivity index (χ1v) is 9.59. The van der Waals surface area contributed by atoms with E-state index >= 15 is 0 Å². The van der Waals surface area contributed by atoms with Crippen LogP contribution in [0, 0.1) is 29.1 Å². The Balaban J connectivity index is 1.74. The summed E-state index contributed by atoms with van der Waals surface area (Å²) in [5, 5.41) is 0. The van der Waals surface area contributed by atoms with E-state index in [9.17, 15) is 0 Å². The van der Waals surface area contributed by atoms with Crippen LogP contribution in [0.1, 0.15) is 75.5 Å². The third kappa shape index (κ3) is 2.16. The number of allylic oxidation sites excluding steroid dienone is 2. The number of nitrogen functional groups attached to an aromatic ring is 1. The van der Waals surface area contributed by atoms with Gasteiger partial charge in [0.1, 0.15) is 0 Å². The van der Waals surface area contributed by atoms with Gasteiger partial charge in [-0.25, -0.2) is 0 Å². The standard InChI is InChI=1S/C23H29N/c1-4-6-16-13-20-15(14-22(16)24)7-9-19-18(20)11-12-23(3)17(5-2)8-10-21(19)23/h5,13-14,18-19,21H,7-12,24H2,1-3H3/b17-5-/t18?,19?,21?,23-/m1/s1. The predicted molar refractivity (Wildman–Crippen MR) is 102 cm³/mol. The van der Waals surface area contributed by atoms with Crippen LogP contribution >= 0.6 is 0 Å². The van der Waals surface area contributed by atoms with Gasteiger partial charge < -0.3 is 5.73 Å².